The Morgan fingerprint density at radius 3 is 2.28 bits per heavy atom. The lowest BCUT2D eigenvalue weighted by Crippen LogP contribution is -2.69. The van der Waals surface area contributed by atoms with E-state index in [0.29, 0.717) is 18.6 Å². The van der Waals surface area contributed by atoms with Crippen molar-refractivity contribution in [3.8, 4) is 0 Å². The van der Waals surface area contributed by atoms with Gasteiger partial charge >= 0.3 is 0 Å². The highest BCUT2D eigenvalue weighted by atomic mass is 16.3. The van der Waals surface area contributed by atoms with Crippen molar-refractivity contribution in [1.29, 1.82) is 0 Å². The van der Waals surface area contributed by atoms with Gasteiger partial charge in [-0.15, -0.1) is 0 Å². The van der Waals surface area contributed by atoms with Crippen molar-refractivity contribution in [2.45, 2.75) is 24.5 Å². The molecule has 0 saturated carbocycles. The number of rotatable bonds is 5. The van der Waals surface area contributed by atoms with E-state index in [2.05, 4.69) is 0 Å². The standard InChI is InChI=1S/C21H19NO3/c23-20-21(24,14-13-16-8-3-1-4-9-16)19(18-12-7-15-25-18)22(20)17-10-5-2-6-11-17/h1-12,15,19,24H,13-14H2/t19-,21-/m0/s1. The predicted molar refractivity (Wildman–Crippen MR) is 95.1 cm³/mol. The van der Waals surface area contributed by atoms with E-state index in [1.807, 2.05) is 60.7 Å². The first-order chi connectivity index (χ1) is 12.2. The van der Waals surface area contributed by atoms with Crippen molar-refractivity contribution in [2.24, 2.45) is 0 Å². The van der Waals surface area contributed by atoms with Gasteiger partial charge in [0.1, 0.15) is 11.8 Å². The summed E-state index contributed by atoms with van der Waals surface area (Å²) < 4.78 is 5.53. The Hall–Kier alpha value is -2.85. The lowest BCUT2D eigenvalue weighted by atomic mass is 9.76. The molecule has 0 spiro atoms. The van der Waals surface area contributed by atoms with Crippen LogP contribution in [-0.2, 0) is 11.2 Å². The summed E-state index contributed by atoms with van der Waals surface area (Å²) in [4.78, 5) is 14.5. The number of β-lactam (4-membered cyclic amide) rings is 1. The Morgan fingerprint density at radius 2 is 1.64 bits per heavy atom. The van der Waals surface area contributed by atoms with E-state index in [1.165, 1.54) is 0 Å². The molecule has 0 unspecified atom stereocenters. The molecule has 1 aliphatic heterocycles. The minimum Gasteiger partial charge on any atom is -0.467 e. The highest BCUT2D eigenvalue weighted by molar-refractivity contribution is 6.08. The van der Waals surface area contributed by atoms with Gasteiger partial charge in [-0.3, -0.25) is 9.69 Å². The van der Waals surface area contributed by atoms with E-state index in [4.69, 9.17) is 4.42 Å². The third-order valence-corrected chi connectivity index (χ3v) is 4.78. The van der Waals surface area contributed by atoms with Crippen LogP contribution in [0.2, 0.25) is 0 Å². The first kappa shape index (κ1) is 15.7. The molecule has 0 bridgehead atoms. The Labute approximate surface area is 146 Å². The molecule has 4 nitrogen and oxygen atoms in total. The second kappa shape index (κ2) is 6.22. The average Bonchev–Trinajstić information content (AvgIpc) is 3.18. The first-order valence-electron chi connectivity index (χ1n) is 8.38. The summed E-state index contributed by atoms with van der Waals surface area (Å²) in [6.45, 7) is 0. The smallest absolute Gasteiger partial charge is 0.262 e. The van der Waals surface area contributed by atoms with Crippen LogP contribution >= 0.6 is 0 Å². The molecule has 25 heavy (non-hydrogen) atoms. The number of aryl methyl sites for hydroxylation is 1. The zero-order valence-electron chi connectivity index (χ0n) is 13.7. The normalized spacial score (nSPS) is 22.7. The zero-order chi connectivity index (χ0) is 17.3. The summed E-state index contributed by atoms with van der Waals surface area (Å²) in [5.41, 5.74) is 0.405. The van der Waals surface area contributed by atoms with Crippen molar-refractivity contribution in [1.82, 2.24) is 0 Å². The molecule has 4 rings (SSSR count). The van der Waals surface area contributed by atoms with Gasteiger partial charge in [0.15, 0.2) is 5.60 Å². The summed E-state index contributed by atoms with van der Waals surface area (Å²) in [7, 11) is 0. The molecular weight excluding hydrogens is 314 g/mol. The van der Waals surface area contributed by atoms with Crippen LogP contribution in [0.3, 0.4) is 0 Å². The maximum absolute atomic E-state index is 12.8. The number of hydrogen-bond acceptors (Lipinski definition) is 3. The first-order valence-corrected chi connectivity index (χ1v) is 8.38. The Morgan fingerprint density at radius 1 is 0.960 bits per heavy atom. The van der Waals surface area contributed by atoms with Crippen LogP contribution < -0.4 is 4.90 Å². The Kier molecular flexibility index (Phi) is 3.90. The van der Waals surface area contributed by atoms with Crippen LogP contribution in [0, 0.1) is 0 Å². The summed E-state index contributed by atoms with van der Waals surface area (Å²) in [6, 6.07) is 22.3. The fourth-order valence-electron chi connectivity index (χ4n) is 3.48. The van der Waals surface area contributed by atoms with E-state index in [1.54, 1.807) is 23.3 Å². The molecule has 4 heteroatoms. The fourth-order valence-corrected chi connectivity index (χ4v) is 3.48. The molecule has 1 aromatic heterocycles. The Balaban J connectivity index is 1.63. The lowest BCUT2D eigenvalue weighted by molar-refractivity contribution is -0.156. The van der Waals surface area contributed by atoms with Crippen LogP contribution in [-0.4, -0.2) is 16.6 Å². The van der Waals surface area contributed by atoms with Crippen LogP contribution in [0.25, 0.3) is 0 Å². The molecule has 0 aliphatic carbocycles. The van der Waals surface area contributed by atoms with Gasteiger partial charge in [0.2, 0.25) is 0 Å². The van der Waals surface area contributed by atoms with Gasteiger partial charge in [-0.2, -0.15) is 0 Å². The maximum atomic E-state index is 12.8. The summed E-state index contributed by atoms with van der Waals surface area (Å²) >= 11 is 0. The van der Waals surface area contributed by atoms with Gasteiger partial charge in [0.25, 0.3) is 5.91 Å². The van der Waals surface area contributed by atoms with Crippen LogP contribution in [0.5, 0.6) is 0 Å². The van der Waals surface area contributed by atoms with E-state index in [9.17, 15) is 9.90 Å². The van der Waals surface area contributed by atoms with E-state index in [-0.39, 0.29) is 5.91 Å². The minimum atomic E-state index is -1.45. The van der Waals surface area contributed by atoms with Crippen molar-refractivity contribution < 1.29 is 14.3 Å². The number of carbonyl (C=O) groups is 1. The SMILES string of the molecule is O=C1N(c2ccccc2)[C@@H](c2ccco2)[C@@]1(O)CCc1ccccc1. The van der Waals surface area contributed by atoms with Crippen LogP contribution in [0.1, 0.15) is 23.8 Å². The van der Waals surface area contributed by atoms with Crippen LogP contribution in [0.15, 0.2) is 83.5 Å². The minimum absolute atomic E-state index is 0.281. The number of anilines is 1. The number of furan rings is 1. The van der Waals surface area contributed by atoms with E-state index < -0.39 is 11.6 Å². The molecule has 126 valence electrons. The summed E-state index contributed by atoms with van der Waals surface area (Å²) in [6.07, 6.45) is 2.55. The summed E-state index contributed by atoms with van der Waals surface area (Å²) in [5.74, 6) is 0.315. The van der Waals surface area contributed by atoms with Gasteiger partial charge < -0.3 is 9.52 Å². The third-order valence-electron chi connectivity index (χ3n) is 4.78. The average molecular weight is 333 g/mol. The molecule has 3 aromatic rings. The Bertz CT molecular complexity index is 845. The van der Waals surface area contributed by atoms with Gasteiger partial charge in [0, 0.05) is 5.69 Å². The van der Waals surface area contributed by atoms with E-state index >= 15 is 0 Å². The number of para-hydroxylation sites is 1. The van der Waals surface area contributed by atoms with Crippen molar-refractivity contribution in [2.75, 3.05) is 4.90 Å². The molecule has 2 aromatic carbocycles. The number of hydrogen-bond donors (Lipinski definition) is 1. The second-order valence-electron chi connectivity index (χ2n) is 6.34. The van der Waals surface area contributed by atoms with Crippen molar-refractivity contribution in [3.63, 3.8) is 0 Å². The molecule has 1 N–H and O–H groups in total. The second-order valence-corrected chi connectivity index (χ2v) is 6.34. The lowest BCUT2D eigenvalue weighted by Gasteiger charge is -2.52. The van der Waals surface area contributed by atoms with Gasteiger partial charge in [-0.1, -0.05) is 48.5 Å². The highest BCUT2D eigenvalue weighted by Gasteiger charge is 2.61. The number of amides is 1. The number of aliphatic hydroxyl groups is 1. The molecule has 2 heterocycles. The number of benzene rings is 2. The quantitative estimate of drug-likeness (QED) is 0.724. The number of nitrogens with zero attached hydrogens (tertiary/aromatic N) is 1. The maximum Gasteiger partial charge on any atom is 0.262 e. The topological polar surface area (TPSA) is 53.7 Å². The largest absolute Gasteiger partial charge is 0.467 e. The van der Waals surface area contributed by atoms with Gasteiger partial charge in [0.05, 0.1) is 6.26 Å². The predicted octanol–water partition coefficient (Wildman–Crippen LogP) is 3.73. The zero-order valence-corrected chi connectivity index (χ0v) is 13.7. The van der Waals surface area contributed by atoms with Crippen molar-refractivity contribution >= 4 is 11.6 Å². The number of carbonyl (C=O) groups excluding carboxylic acids is 1. The van der Waals surface area contributed by atoms with Gasteiger partial charge in [-0.25, -0.2) is 0 Å². The molecule has 1 fully saturated rings. The monoisotopic (exact) mass is 333 g/mol. The third kappa shape index (κ3) is 2.65. The molecular formula is C21H19NO3. The van der Waals surface area contributed by atoms with Crippen LogP contribution in [0.4, 0.5) is 5.69 Å². The fraction of sp³-hybridized carbons (Fsp3) is 0.190. The molecule has 0 radical (unpaired) electrons. The van der Waals surface area contributed by atoms with Gasteiger partial charge in [-0.05, 0) is 42.7 Å². The molecule has 1 aliphatic rings. The molecule has 1 amide bonds. The summed E-state index contributed by atoms with van der Waals surface area (Å²) in [5, 5.41) is 11.2. The molecule has 1 saturated heterocycles. The van der Waals surface area contributed by atoms with Crippen molar-refractivity contribution in [3.05, 3.63) is 90.4 Å². The molecule has 2 atom stereocenters. The van der Waals surface area contributed by atoms with E-state index in [0.717, 1.165) is 11.3 Å². The highest BCUT2D eigenvalue weighted by Crippen LogP contribution is 2.48.